The van der Waals surface area contributed by atoms with E-state index in [1.165, 1.54) is 0 Å². The normalized spacial score (nSPS) is 10.5. The van der Waals surface area contributed by atoms with Crippen molar-refractivity contribution in [3.8, 4) is 12.3 Å². The van der Waals surface area contributed by atoms with E-state index in [1.54, 1.807) is 6.33 Å². The fourth-order valence-electron chi connectivity index (χ4n) is 1.35. The molecule has 0 amide bonds. The van der Waals surface area contributed by atoms with Gasteiger partial charge in [0.2, 0.25) is 0 Å². The van der Waals surface area contributed by atoms with Gasteiger partial charge in [-0.25, -0.2) is 9.67 Å². The Balaban J connectivity index is 2.31. The van der Waals surface area contributed by atoms with E-state index in [4.69, 9.17) is 6.42 Å². The molecule has 0 aromatic carbocycles. The number of hydrogen-bond donors (Lipinski definition) is 1. The Morgan fingerprint density at radius 1 is 1.60 bits per heavy atom. The molecule has 4 nitrogen and oxygen atoms in total. The van der Waals surface area contributed by atoms with E-state index in [9.17, 15) is 0 Å². The summed E-state index contributed by atoms with van der Waals surface area (Å²) in [6, 6.07) is 0.356. The molecule has 1 rings (SSSR count). The van der Waals surface area contributed by atoms with Crippen LogP contribution in [0.15, 0.2) is 6.33 Å². The van der Waals surface area contributed by atoms with E-state index in [2.05, 4.69) is 35.2 Å². The summed E-state index contributed by atoms with van der Waals surface area (Å²) in [5.41, 5.74) is 0. The molecule has 1 aromatic rings. The summed E-state index contributed by atoms with van der Waals surface area (Å²) >= 11 is 0. The van der Waals surface area contributed by atoms with Gasteiger partial charge in [0.25, 0.3) is 0 Å². The van der Waals surface area contributed by atoms with E-state index < -0.39 is 0 Å². The standard InChI is InChI=1S/C11H18N4/c1-4-5-6-7-12-8-11-13-9-14-15(11)10(2)3/h1,9-10,12H,5-8H2,2-3H3. The SMILES string of the molecule is C#CCCCNCc1ncnn1C(C)C. The third-order valence-electron chi connectivity index (χ3n) is 2.09. The topological polar surface area (TPSA) is 42.7 Å². The molecule has 0 saturated carbocycles. The van der Waals surface area contributed by atoms with Gasteiger partial charge in [0.15, 0.2) is 0 Å². The largest absolute Gasteiger partial charge is 0.310 e. The van der Waals surface area contributed by atoms with Gasteiger partial charge in [0, 0.05) is 12.5 Å². The van der Waals surface area contributed by atoms with Crippen LogP contribution >= 0.6 is 0 Å². The van der Waals surface area contributed by atoms with Crippen LogP contribution in [0.25, 0.3) is 0 Å². The van der Waals surface area contributed by atoms with Gasteiger partial charge in [-0.3, -0.25) is 0 Å². The second kappa shape index (κ2) is 6.20. The highest BCUT2D eigenvalue weighted by Crippen LogP contribution is 2.04. The number of unbranched alkanes of at least 4 members (excludes halogenated alkanes) is 1. The van der Waals surface area contributed by atoms with E-state index in [0.29, 0.717) is 6.04 Å². The maximum Gasteiger partial charge on any atom is 0.141 e. The van der Waals surface area contributed by atoms with Gasteiger partial charge in [-0.15, -0.1) is 12.3 Å². The first kappa shape index (κ1) is 11.7. The molecule has 0 aliphatic carbocycles. The Morgan fingerprint density at radius 2 is 2.40 bits per heavy atom. The molecule has 0 radical (unpaired) electrons. The lowest BCUT2D eigenvalue weighted by Gasteiger charge is -2.09. The Kier molecular flexibility index (Phi) is 4.85. The van der Waals surface area contributed by atoms with Crippen molar-refractivity contribution in [3.63, 3.8) is 0 Å². The Morgan fingerprint density at radius 3 is 3.07 bits per heavy atom. The van der Waals surface area contributed by atoms with Gasteiger partial charge < -0.3 is 5.32 Å². The van der Waals surface area contributed by atoms with E-state index in [-0.39, 0.29) is 0 Å². The van der Waals surface area contributed by atoms with Gasteiger partial charge in [0.05, 0.1) is 6.54 Å². The van der Waals surface area contributed by atoms with Crippen LogP contribution in [0.5, 0.6) is 0 Å². The zero-order chi connectivity index (χ0) is 11.1. The average molecular weight is 206 g/mol. The summed E-state index contributed by atoms with van der Waals surface area (Å²) in [6.45, 7) is 5.87. The summed E-state index contributed by atoms with van der Waals surface area (Å²) < 4.78 is 1.92. The Labute approximate surface area is 91.1 Å². The van der Waals surface area contributed by atoms with E-state index in [0.717, 1.165) is 31.8 Å². The number of hydrogen-bond acceptors (Lipinski definition) is 3. The summed E-state index contributed by atoms with van der Waals surface area (Å²) in [5, 5.41) is 7.46. The van der Waals surface area contributed by atoms with Crippen LogP contribution in [0, 0.1) is 12.3 Å². The highest BCUT2D eigenvalue weighted by Gasteiger charge is 2.05. The molecule has 0 atom stereocenters. The first-order valence-electron chi connectivity index (χ1n) is 5.28. The molecule has 0 aliphatic heterocycles. The van der Waals surface area contributed by atoms with Crippen molar-refractivity contribution in [3.05, 3.63) is 12.2 Å². The molecule has 0 unspecified atom stereocenters. The van der Waals surface area contributed by atoms with Gasteiger partial charge >= 0.3 is 0 Å². The van der Waals surface area contributed by atoms with Crippen molar-refractivity contribution in [2.45, 2.75) is 39.3 Å². The van der Waals surface area contributed by atoms with Crippen LogP contribution in [0.1, 0.15) is 38.6 Å². The highest BCUT2D eigenvalue weighted by atomic mass is 15.3. The first-order chi connectivity index (χ1) is 7.25. The molecule has 0 saturated heterocycles. The fourth-order valence-corrected chi connectivity index (χ4v) is 1.35. The monoisotopic (exact) mass is 206 g/mol. The first-order valence-corrected chi connectivity index (χ1v) is 5.28. The van der Waals surface area contributed by atoms with E-state index >= 15 is 0 Å². The van der Waals surface area contributed by atoms with Gasteiger partial charge in [-0.1, -0.05) is 0 Å². The summed E-state index contributed by atoms with van der Waals surface area (Å²) in [5.74, 6) is 3.60. The van der Waals surface area contributed by atoms with Crippen molar-refractivity contribution in [1.29, 1.82) is 0 Å². The minimum Gasteiger partial charge on any atom is -0.310 e. The maximum absolute atomic E-state index is 5.16. The van der Waals surface area contributed by atoms with Gasteiger partial charge in [-0.05, 0) is 26.8 Å². The molecule has 1 heterocycles. The second-order valence-corrected chi connectivity index (χ2v) is 3.70. The molecule has 0 fully saturated rings. The van der Waals surface area contributed by atoms with Crippen LogP contribution in [-0.2, 0) is 6.54 Å². The minimum absolute atomic E-state index is 0.356. The number of nitrogens with zero attached hydrogens (tertiary/aromatic N) is 3. The molecular formula is C11H18N4. The number of terminal acetylenes is 1. The lowest BCUT2D eigenvalue weighted by atomic mass is 10.3. The zero-order valence-corrected chi connectivity index (χ0v) is 9.40. The Hall–Kier alpha value is -1.34. The van der Waals surface area contributed by atoms with Gasteiger partial charge in [-0.2, -0.15) is 5.10 Å². The molecule has 1 aromatic heterocycles. The van der Waals surface area contributed by atoms with Crippen molar-refractivity contribution in [2.75, 3.05) is 6.54 Å². The van der Waals surface area contributed by atoms with Gasteiger partial charge in [0.1, 0.15) is 12.2 Å². The quantitative estimate of drug-likeness (QED) is 0.564. The number of nitrogens with one attached hydrogen (secondary N) is 1. The number of rotatable bonds is 6. The lowest BCUT2D eigenvalue weighted by molar-refractivity contribution is 0.489. The molecule has 82 valence electrons. The van der Waals surface area contributed by atoms with Crippen molar-refractivity contribution in [2.24, 2.45) is 0 Å². The average Bonchev–Trinajstić information content (AvgIpc) is 2.66. The molecule has 1 N–H and O–H groups in total. The smallest absolute Gasteiger partial charge is 0.141 e. The van der Waals surface area contributed by atoms with E-state index in [1.807, 2.05) is 4.68 Å². The predicted octanol–water partition coefficient (Wildman–Crippen LogP) is 1.36. The minimum atomic E-state index is 0.356. The molecule has 0 spiro atoms. The molecule has 4 heteroatoms. The predicted molar refractivity (Wildman–Crippen MR) is 60.2 cm³/mol. The molecule has 0 bridgehead atoms. The lowest BCUT2D eigenvalue weighted by Crippen LogP contribution is -2.19. The van der Waals surface area contributed by atoms with Crippen molar-refractivity contribution < 1.29 is 0 Å². The van der Waals surface area contributed by atoms with Crippen LogP contribution in [0.4, 0.5) is 0 Å². The van der Waals surface area contributed by atoms with Crippen LogP contribution in [0.2, 0.25) is 0 Å². The molecule has 0 aliphatic rings. The second-order valence-electron chi connectivity index (χ2n) is 3.70. The zero-order valence-electron chi connectivity index (χ0n) is 9.40. The third kappa shape index (κ3) is 3.72. The van der Waals surface area contributed by atoms with Crippen LogP contribution in [-0.4, -0.2) is 21.3 Å². The van der Waals surface area contributed by atoms with Crippen molar-refractivity contribution >= 4 is 0 Å². The summed E-state index contributed by atoms with van der Waals surface area (Å²) in [7, 11) is 0. The summed E-state index contributed by atoms with van der Waals surface area (Å²) in [6.07, 6.45) is 8.59. The maximum atomic E-state index is 5.16. The summed E-state index contributed by atoms with van der Waals surface area (Å²) in [4.78, 5) is 4.20. The van der Waals surface area contributed by atoms with Crippen molar-refractivity contribution in [1.82, 2.24) is 20.1 Å². The molecular weight excluding hydrogens is 188 g/mol. The fraction of sp³-hybridized carbons (Fsp3) is 0.636. The highest BCUT2D eigenvalue weighted by molar-refractivity contribution is 4.86. The Bertz CT molecular complexity index is 322. The van der Waals surface area contributed by atoms with Crippen LogP contribution < -0.4 is 5.32 Å². The third-order valence-corrected chi connectivity index (χ3v) is 2.09. The number of aromatic nitrogens is 3. The molecule has 15 heavy (non-hydrogen) atoms. The van der Waals surface area contributed by atoms with Crippen LogP contribution in [0.3, 0.4) is 0 Å².